The predicted octanol–water partition coefficient (Wildman–Crippen LogP) is 1.52. The summed E-state index contributed by atoms with van der Waals surface area (Å²) in [6.45, 7) is 6.61. The van der Waals surface area contributed by atoms with E-state index in [1.54, 1.807) is 0 Å². The van der Waals surface area contributed by atoms with Crippen molar-refractivity contribution in [3.05, 3.63) is 5.89 Å². The first-order valence-corrected chi connectivity index (χ1v) is 5.77. The first-order valence-electron chi connectivity index (χ1n) is 5.77. The van der Waals surface area contributed by atoms with Gasteiger partial charge < -0.3 is 16.0 Å². The van der Waals surface area contributed by atoms with E-state index in [-0.39, 0.29) is 23.3 Å². The van der Waals surface area contributed by atoms with Crippen molar-refractivity contribution in [3.8, 4) is 0 Å². The van der Waals surface area contributed by atoms with Crippen molar-refractivity contribution in [2.45, 2.75) is 45.6 Å². The van der Waals surface area contributed by atoms with E-state index in [0.717, 1.165) is 12.8 Å². The number of hydrogen-bond acceptors (Lipinski definition) is 5. The van der Waals surface area contributed by atoms with Gasteiger partial charge in [0.1, 0.15) is 0 Å². The Kier molecular flexibility index (Phi) is 2.66. The molecule has 16 heavy (non-hydrogen) atoms. The Morgan fingerprint density at radius 1 is 1.38 bits per heavy atom. The molecule has 0 aliphatic heterocycles. The summed E-state index contributed by atoms with van der Waals surface area (Å²) in [7, 11) is 0. The molecule has 1 aliphatic carbocycles. The molecule has 1 aromatic heterocycles. The van der Waals surface area contributed by atoms with E-state index >= 15 is 0 Å². The molecule has 1 aromatic rings. The number of nitrogens with zero attached hydrogens (tertiary/aromatic N) is 2. The highest BCUT2D eigenvalue weighted by molar-refractivity contribution is 5.15. The number of nitrogens with two attached hydrogens (primary N) is 2. The molecular formula is C11H20N4O. The fourth-order valence-electron chi connectivity index (χ4n) is 2.68. The van der Waals surface area contributed by atoms with Gasteiger partial charge in [-0.1, -0.05) is 20.8 Å². The highest BCUT2D eigenvalue weighted by atomic mass is 16.5. The molecular weight excluding hydrogens is 204 g/mol. The van der Waals surface area contributed by atoms with Gasteiger partial charge in [-0.2, -0.15) is 4.98 Å². The van der Waals surface area contributed by atoms with Crippen molar-refractivity contribution in [1.29, 1.82) is 0 Å². The molecule has 2 rings (SSSR count). The highest BCUT2D eigenvalue weighted by Crippen LogP contribution is 2.49. The van der Waals surface area contributed by atoms with Crippen LogP contribution in [0.4, 0.5) is 5.95 Å². The molecule has 4 N–H and O–H groups in total. The lowest BCUT2D eigenvalue weighted by molar-refractivity contribution is 0.0806. The smallest absolute Gasteiger partial charge is 0.260 e. The van der Waals surface area contributed by atoms with Gasteiger partial charge in [0.25, 0.3) is 5.95 Å². The SMILES string of the molecule is CC1C(N)CCC(c2nc(N)no2)C1(C)C. The van der Waals surface area contributed by atoms with Crippen LogP contribution in [0.5, 0.6) is 0 Å². The second kappa shape index (κ2) is 3.73. The van der Waals surface area contributed by atoms with E-state index in [9.17, 15) is 0 Å². The zero-order valence-corrected chi connectivity index (χ0v) is 10.1. The van der Waals surface area contributed by atoms with Crippen molar-refractivity contribution in [3.63, 3.8) is 0 Å². The van der Waals surface area contributed by atoms with Crippen molar-refractivity contribution in [2.24, 2.45) is 17.1 Å². The monoisotopic (exact) mass is 224 g/mol. The van der Waals surface area contributed by atoms with Gasteiger partial charge in [-0.05, 0) is 29.3 Å². The molecule has 3 atom stereocenters. The summed E-state index contributed by atoms with van der Waals surface area (Å²) in [5, 5.41) is 3.66. The van der Waals surface area contributed by atoms with Crippen molar-refractivity contribution >= 4 is 5.95 Å². The van der Waals surface area contributed by atoms with E-state index in [2.05, 4.69) is 30.9 Å². The number of anilines is 1. The molecule has 1 heterocycles. The largest absolute Gasteiger partial charge is 0.365 e. The lowest BCUT2D eigenvalue weighted by Gasteiger charge is -2.45. The van der Waals surface area contributed by atoms with Gasteiger partial charge in [-0.3, -0.25) is 0 Å². The quantitative estimate of drug-likeness (QED) is 0.754. The molecule has 1 saturated carbocycles. The first-order chi connectivity index (χ1) is 7.43. The summed E-state index contributed by atoms with van der Waals surface area (Å²) in [5.41, 5.74) is 11.7. The predicted molar refractivity (Wildman–Crippen MR) is 61.6 cm³/mol. The summed E-state index contributed by atoms with van der Waals surface area (Å²) in [6.07, 6.45) is 1.98. The maximum atomic E-state index is 6.11. The van der Waals surface area contributed by atoms with E-state index in [1.807, 2.05) is 0 Å². The van der Waals surface area contributed by atoms with Gasteiger partial charge in [0, 0.05) is 12.0 Å². The van der Waals surface area contributed by atoms with Gasteiger partial charge in [0.15, 0.2) is 0 Å². The molecule has 0 spiro atoms. The fraction of sp³-hybridized carbons (Fsp3) is 0.818. The van der Waals surface area contributed by atoms with Gasteiger partial charge in [-0.15, -0.1) is 0 Å². The second-order valence-corrected chi connectivity index (χ2v) is 5.39. The van der Waals surface area contributed by atoms with Gasteiger partial charge in [0.05, 0.1) is 0 Å². The van der Waals surface area contributed by atoms with Crippen LogP contribution in [0.25, 0.3) is 0 Å². The lowest BCUT2D eigenvalue weighted by atomic mass is 9.61. The maximum absolute atomic E-state index is 6.11. The zero-order valence-electron chi connectivity index (χ0n) is 10.1. The lowest BCUT2D eigenvalue weighted by Crippen LogP contribution is -2.45. The first kappa shape index (κ1) is 11.4. The molecule has 5 heteroatoms. The van der Waals surface area contributed by atoms with Crippen LogP contribution in [0.3, 0.4) is 0 Å². The summed E-state index contributed by atoms with van der Waals surface area (Å²) in [4.78, 5) is 4.15. The number of hydrogen-bond donors (Lipinski definition) is 2. The van der Waals surface area contributed by atoms with Gasteiger partial charge in [-0.25, -0.2) is 0 Å². The molecule has 0 bridgehead atoms. The normalized spacial score (nSPS) is 33.9. The van der Waals surface area contributed by atoms with Crippen LogP contribution in [0.2, 0.25) is 0 Å². The minimum Gasteiger partial charge on any atom is -0.365 e. The van der Waals surface area contributed by atoms with Gasteiger partial charge in [0.2, 0.25) is 5.89 Å². The van der Waals surface area contributed by atoms with E-state index in [1.165, 1.54) is 0 Å². The summed E-state index contributed by atoms with van der Waals surface area (Å²) < 4.78 is 5.20. The Hall–Kier alpha value is -1.10. The number of nitrogen functional groups attached to an aromatic ring is 1. The van der Waals surface area contributed by atoms with Gasteiger partial charge >= 0.3 is 0 Å². The van der Waals surface area contributed by atoms with Crippen LogP contribution >= 0.6 is 0 Å². The molecule has 0 aromatic carbocycles. The molecule has 1 fully saturated rings. The standard InChI is InChI=1S/C11H20N4O/c1-6-8(12)5-4-7(11(6,2)3)9-14-10(13)15-16-9/h6-8H,4-5,12H2,1-3H3,(H2,13,15). The van der Waals surface area contributed by atoms with Crippen molar-refractivity contribution in [1.82, 2.24) is 10.1 Å². The molecule has 0 radical (unpaired) electrons. The van der Waals surface area contributed by atoms with E-state index in [4.69, 9.17) is 16.0 Å². The van der Waals surface area contributed by atoms with Crippen LogP contribution in [0.15, 0.2) is 4.52 Å². The third-order valence-electron chi connectivity index (χ3n) is 4.26. The molecule has 90 valence electrons. The summed E-state index contributed by atoms with van der Waals surface area (Å²) in [5.74, 6) is 1.56. The fourth-order valence-corrected chi connectivity index (χ4v) is 2.68. The Morgan fingerprint density at radius 3 is 2.62 bits per heavy atom. The molecule has 5 nitrogen and oxygen atoms in total. The molecule has 0 saturated heterocycles. The Balaban J connectivity index is 2.28. The molecule has 0 amide bonds. The minimum absolute atomic E-state index is 0.0661. The van der Waals surface area contributed by atoms with Crippen molar-refractivity contribution < 1.29 is 4.52 Å². The zero-order chi connectivity index (χ0) is 11.9. The Labute approximate surface area is 95.6 Å². The molecule has 1 aliphatic rings. The molecule has 3 unspecified atom stereocenters. The highest BCUT2D eigenvalue weighted by Gasteiger charge is 2.44. The van der Waals surface area contributed by atoms with Crippen LogP contribution < -0.4 is 11.5 Å². The average molecular weight is 224 g/mol. The minimum atomic E-state index is 0.0661. The maximum Gasteiger partial charge on any atom is 0.260 e. The van der Waals surface area contributed by atoms with E-state index < -0.39 is 0 Å². The van der Waals surface area contributed by atoms with Crippen LogP contribution in [-0.2, 0) is 0 Å². The second-order valence-electron chi connectivity index (χ2n) is 5.39. The van der Waals surface area contributed by atoms with Crippen LogP contribution in [0, 0.1) is 11.3 Å². The average Bonchev–Trinajstić information content (AvgIpc) is 2.61. The van der Waals surface area contributed by atoms with Crippen LogP contribution in [0.1, 0.15) is 45.4 Å². The number of rotatable bonds is 1. The topological polar surface area (TPSA) is 91.0 Å². The Bertz CT molecular complexity index is 374. The van der Waals surface area contributed by atoms with Crippen molar-refractivity contribution in [2.75, 3.05) is 5.73 Å². The Morgan fingerprint density at radius 2 is 2.06 bits per heavy atom. The third kappa shape index (κ3) is 1.69. The summed E-state index contributed by atoms with van der Waals surface area (Å²) >= 11 is 0. The van der Waals surface area contributed by atoms with E-state index in [0.29, 0.717) is 11.8 Å². The number of aromatic nitrogens is 2. The van der Waals surface area contributed by atoms with Crippen LogP contribution in [-0.4, -0.2) is 16.2 Å². The summed E-state index contributed by atoms with van der Waals surface area (Å²) in [6, 6.07) is 0.256. The third-order valence-corrected chi connectivity index (χ3v) is 4.26.